The van der Waals surface area contributed by atoms with Crippen LogP contribution in [-0.4, -0.2) is 0 Å². The molecule has 0 heterocycles. The molecule has 0 aliphatic carbocycles. The summed E-state index contributed by atoms with van der Waals surface area (Å²) in [6, 6.07) is 0. The first-order valence-electron chi connectivity index (χ1n) is 0. The SMILES string of the molecule is [Cl-].[Na+].[Na+].[Zn+2]. The van der Waals surface area contributed by atoms with E-state index in [2.05, 4.69) is 0 Å². The molecular weight excluding hydrogens is 147 g/mol. The van der Waals surface area contributed by atoms with Gasteiger partial charge in [-0.2, -0.15) is 0 Å². The van der Waals surface area contributed by atoms with Gasteiger partial charge >= 0.3 is 78.6 Å². The zero-order valence-corrected chi connectivity index (χ0v) is 10.8. The summed E-state index contributed by atoms with van der Waals surface area (Å²) in [5.74, 6) is 0. The Bertz CT molecular complexity index is 6.00. The minimum absolute atomic E-state index is 0. The van der Waals surface area contributed by atoms with Gasteiger partial charge in [-0.05, 0) is 0 Å². The van der Waals surface area contributed by atoms with Crippen LogP contribution in [0.3, 0.4) is 0 Å². The van der Waals surface area contributed by atoms with Crippen LogP contribution in [0.25, 0.3) is 0 Å². The number of rotatable bonds is 0. The van der Waals surface area contributed by atoms with Crippen molar-refractivity contribution < 1.29 is 91.0 Å². The summed E-state index contributed by atoms with van der Waals surface area (Å²) >= 11 is 0. The molecule has 0 aliphatic heterocycles. The molecule has 0 radical (unpaired) electrons. The molecule has 4 heavy (non-hydrogen) atoms. The van der Waals surface area contributed by atoms with Crippen molar-refractivity contribution in [3.63, 3.8) is 0 Å². The van der Waals surface area contributed by atoms with E-state index in [4.69, 9.17) is 0 Å². The van der Waals surface area contributed by atoms with E-state index in [1.165, 1.54) is 0 Å². The van der Waals surface area contributed by atoms with E-state index in [1.54, 1.807) is 0 Å². The molecule has 0 amide bonds. The second-order valence-corrected chi connectivity index (χ2v) is 0. The van der Waals surface area contributed by atoms with Crippen molar-refractivity contribution in [2.45, 2.75) is 0 Å². The Morgan fingerprint density at radius 3 is 0.750 bits per heavy atom. The van der Waals surface area contributed by atoms with E-state index in [1.807, 2.05) is 0 Å². The summed E-state index contributed by atoms with van der Waals surface area (Å²) < 4.78 is 0. The Labute approximate surface area is 89.2 Å². The minimum atomic E-state index is 0. The molecule has 0 aliphatic rings. The Kier molecular flexibility index (Phi) is 120. The van der Waals surface area contributed by atoms with Gasteiger partial charge in [0, 0.05) is 0 Å². The van der Waals surface area contributed by atoms with Gasteiger partial charge < -0.3 is 12.4 Å². The predicted molar refractivity (Wildman–Crippen MR) is 0 cm³/mol. The summed E-state index contributed by atoms with van der Waals surface area (Å²) in [4.78, 5) is 0. The van der Waals surface area contributed by atoms with Crippen LogP contribution in [-0.2, 0) is 19.5 Å². The normalized spacial score (nSPS) is 0. The minimum Gasteiger partial charge on any atom is -1.00 e. The number of hydrogen-bond acceptors (Lipinski definition) is 0. The molecule has 0 atom stereocenters. The molecule has 0 N–H and O–H groups in total. The third-order valence-corrected chi connectivity index (χ3v) is 0. The van der Waals surface area contributed by atoms with Crippen LogP contribution in [0.5, 0.6) is 0 Å². The smallest absolute Gasteiger partial charge is 1.00 e. The number of hydrogen-bond donors (Lipinski definition) is 0. The van der Waals surface area contributed by atoms with Gasteiger partial charge in [0.05, 0.1) is 0 Å². The molecule has 8 valence electrons. The topological polar surface area (TPSA) is 0 Å². The first-order chi connectivity index (χ1) is 0. The third-order valence-electron chi connectivity index (χ3n) is 0. The third kappa shape index (κ3) is 8.87. The summed E-state index contributed by atoms with van der Waals surface area (Å²) in [5.41, 5.74) is 0. The molecule has 0 nitrogen and oxygen atoms in total. The maximum absolute atomic E-state index is 0. The Hall–Kier alpha value is 2.91. The summed E-state index contributed by atoms with van der Waals surface area (Å²) in [7, 11) is 0. The molecule has 0 bridgehead atoms. The maximum atomic E-state index is 0. The molecule has 0 fully saturated rings. The molecular formula is ClNa2Zn+3. The first-order valence-corrected chi connectivity index (χ1v) is 0. The predicted octanol–water partition coefficient (Wildman–Crippen LogP) is -8.99. The second-order valence-electron chi connectivity index (χ2n) is 0. The Balaban J connectivity index is 0. The van der Waals surface area contributed by atoms with Gasteiger partial charge in [0.25, 0.3) is 0 Å². The second kappa shape index (κ2) is 16.8. The van der Waals surface area contributed by atoms with Crippen LogP contribution in [0.15, 0.2) is 0 Å². The average molecular weight is 147 g/mol. The zero-order valence-electron chi connectivity index (χ0n) is 3.09. The molecule has 0 aromatic heterocycles. The van der Waals surface area contributed by atoms with E-state index in [0.29, 0.717) is 0 Å². The zero-order chi connectivity index (χ0) is 0. The molecule has 0 saturated heterocycles. The van der Waals surface area contributed by atoms with E-state index in [9.17, 15) is 0 Å². The molecule has 0 aromatic carbocycles. The van der Waals surface area contributed by atoms with Gasteiger partial charge in [-0.25, -0.2) is 0 Å². The van der Waals surface area contributed by atoms with E-state index < -0.39 is 0 Å². The first kappa shape index (κ1) is 28.5. The Morgan fingerprint density at radius 2 is 0.750 bits per heavy atom. The molecule has 0 rings (SSSR count). The van der Waals surface area contributed by atoms with Crippen molar-refractivity contribution in [1.82, 2.24) is 0 Å². The van der Waals surface area contributed by atoms with Crippen LogP contribution in [0, 0.1) is 0 Å². The molecule has 0 aromatic rings. The quantitative estimate of drug-likeness (QED) is 0.298. The van der Waals surface area contributed by atoms with Gasteiger partial charge in [0.2, 0.25) is 0 Å². The average Bonchev–Trinajstić information content (AvgIpc) is 0. The van der Waals surface area contributed by atoms with Crippen LogP contribution in [0.2, 0.25) is 0 Å². The van der Waals surface area contributed by atoms with E-state index in [0.717, 1.165) is 0 Å². The summed E-state index contributed by atoms with van der Waals surface area (Å²) in [6.45, 7) is 0. The fourth-order valence-corrected chi connectivity index (χ4v) is 0. The molecule has 4 heteroatoms. The van der Waals surface area contributed by atoms with E-state index in [-0.39, 0.29) is 91.0 Å². The fraction of sp³-hybridized carbons (Fsp3) is 0. The van der Waals surface area contributed by atoms with Crippen LogP contribution in [0.4, 0.5) is 0 Å². The van der Waals surface area contributed by atoms with Crippen molar-refractivity contribution in [3.8, 4) is 0 Å². The van der Waals surface area contributed by atoms with E-state index >= 15 is 0 Å². The van der Waals surface area contributed by atoms with Gasteiger partial charge in [0.1, 0.15) is 0 Å². The van der Waals surface area contributed by atoms with Crippen molar-refractivity contribution in [2.75, 3.05) is 0 Å². The monoisotopic (exact) mass is 145 g/mol. The summed E-state index contributed by atoms with van der Waals surface area (Å²) in [5, 5.41) is 0. The fourth-order valence-electron chi connectivity index (χ4n) is 0. The van der Waals surface area contributed by atoms with Crippen LogP contribution < -0.4 is 71.5 Å². The standard InChI is InChI=1S/ClH.2Na.Zn/h1H;;;/q;2*+1;+2/p-1. The van der Waals surface area contributed by atoms with Crippen molar-refractivity contribution in [1.29, 1.82) is 0 Å². The van der Waals surface area contributed by atoms with Crippen molar-refractivity contribution >= 4 is 0 Å². The van der Waals surface area contributed by atoms with Crippen LogP contribution >= 0.6 is 0 Å². The van der Waals surface area contributed by atoms with Crippen molar-refractivity contribution in [2.24, 2.45) is 0 Å². The Morgan fingerprint density at radius 1 is 0.750 bits per heavy atom. The summed E-state index contributed by atoms with van der Waals surface area (Å²) in [6.07, 6.45) is 0. The van der Waals surface area contributed by atoms with Gasteiger partial charge in [-0.15, -0.1) is 0 Å². The number of halogens is 1. The van der Waals surface area contributed by atoms with Gasteiger partial charge in [-0.1, -0.05) is 0 Å². The maximum Gasteiger partial charge on any atom is 2.00 e. The molecule has 0 unspecified atom stereocenters. The molecule has 0 saturated carbocycles. The molecule has 0 spiro atoms. The van der Waals surface area contributed by atoms with Gasteiger partial charge in [0.15, 0.2) is 0 Å². The van der Waals surface area contributed by atoms with Crippen molar-refractivity contribution in [3.05, 3.63) is 0 Å². The van der Waals surface area contributed by atoms with Gasteiger partial charge in [-0.3, -0.25) is 0 Å². The largest absolute Gasteiger partial charge is 2.00 e. The van der Waals surface area contributed by atoms with Crippen LogP contribution in [0.1, 0.15) is 0 Å².